The molecule has 2 unspecified atom stereocenters. The number of carbonyl (C=O) groups excluding carboxylic acids is 1. The van der Waals surface area contributed by atoms with E-state index < -0.39 is 6.23 Å². The van der Waals surface area contributed by atoms with Crippen LogP contribution in [0.3, 0.4) is 0 Å². The van der Waals surface area contributed by atoms with Crippen molar-refractivity contribution in [2.24, 2.45) is 10.1 Å². The monoisotopic (exact) mass is 582 g/mol. The van der Waals surface area contributed by atoms with Crippen LogP contribution in [0.2, 0.25) is 10.0 Å². The third-order valence-corrected chi connectivity index (χ3v) is 7.28. The minimum absolute atomic E-state index is 0.000886. The number of likely N-dealkylation sites (N-methyl/N-ethyl adjacent to an activating group) is 1. The van der Waals surface area contributed by atoms with Crippen molar-refractivity contribution in [2.45, 2.75) is 45.1 Å². The number of Topliss-reactive ketones (excluding diaryl/α,β-unsaturated/α-hetero) is 1. The van der Waals surface area contributed by atoms with Crippen LogP contribution in [-0.4, -0.2) is 81.9 Å². The Morgan fingerprint density at radius 3 is 2.40 bits per heavy atom. The number of carbonyl (C=O) groups is 1. The second kappa shape index (κ2) is 13.3. The number of ketones is 1. The van der Waals surface area contributed by atoms with E-state index in [2.05, 4.69) is 11.6 Å². The quantitative estimate of drug-likeness (QED) is 0.144. The Labute approximate surface area is 244 Å². The number of halogens is 2. The number of nitriles is 1. The van der Waals surface area contributed by atoms with E-state index in [1.165, 1.54) is 6.92 Å². The summed E-state index contributed by atoms with van der Waals surface area (Å²) >= 11 is 12.1. The molecule has 2 aliphatic rings. The van der Waals surface area contributed by atoms with Crippen molar-refractivity contribution >= 4 is 40.7 Å². The molecule has 4 rings (SSSR count). The Morgan fingerprint density at radius 1 is 1.20 bits per heavy atom. The molecule has 2 atom stereocenters. The Morgan fingerprint density at radius 2 is 1.82 bits per heavy atom. The highest BCUT2D eigenvalue weighted by Gasteiger charge is 2.40. The van der Waals surface area contributed by atoms with E-state index in [9.17, 15) is 15.2 Å². The van der Waals surface area contributed by atoms with Gasteiger partial charge in [-0.05, 0) is 55.4 Å². The number of aliphatic imine (C=N–C) groups is 1. The summed E-state index contributed by atoms with van der Waals surface area (Å²) in [5.74, 6) is 1.14. The summed E-state index contributed by atoms with van der Waals surface area (Å²) in [6.45, 7) is 9.37. The predicted octanol–water partition coefficient (Wildman–Crippen LogP) is 4.55. The molecule has 0 bridgehead atoms. The topological polar surface area (TPSA) is 105 Å². The van der Waals surface area contributed by atoms with E-state index in [0.717, 1.165) is 17.0 Å². The largest absolute Gasteiger partial charge is 0.487 e. The van der Waals surface area contributed by atoms with Crippen molar-refractivity contribution in [1.29, 1.82) is 5.26 Å². The number of aliphatic hydroxyl groups is 1. The molecule has 210 valence electrons. The van der Waals surface area contributed by atoms with Gasteiger partial charge in [0, 0.05) is 22.9 Å². The molecular formula is C29H32Cl2N6O3. The number of benzene rings is 2. The smallest absolute Gasteiger partial charge is 0.233 e. The number of guanidine groups is 1. The van der Waals surface area contributed by atoms with Crippen molar-refractivity contribution in [3.05, 3.63) is 76.3 Å². The van der Waals surface area contributed by atoms with Crippen LogP contribution in [0.15, 0.2) is 70.8 Å². The Hall–Kier alpha value is -3.42. The van der Waals surface area contributed by atoms with E-state index in [4.69, 9.17) is 33.0 Å². The first-order chi connectivity index (χ1) is 19.2. The number of ether oxygens (including phenoxy) is 1. The fourth-order valence-corrected chi connectivity index (χ4v) is 5.16. The molecule has 0 aliphatic carbocycles. The normalized spacial score (nSPS) is 18.3. The summed E-state index contributed by atoms with van der Waals surface area (Å²) in [4.78, 5) is 19.5. The number of hydrogen-bond acceptors (Lipinski definition) is 7. The van der Waals surface area contributed by atoms with Gasteiger partial charge in [0.2, 0.25) is 12.2 Å². The number of aliphatic hydroxyl groups excluding tert-OH is 1. The summed E-state index contributed by atoms with van der Waals surface area (Å²) in [6, 6.07) is 14.2. The van der Waals surface area contributed by atoms with Gasteiger partial charge in [0.05, 0.1) is 31.4 Å². The Balaban J connectivity index is 1.54. The highest BCUT2D eigenvalue weighted by molar-refractivity contribution is 6.31. The third-order valence-electron chi connectivity index (χ3n) is 6.78. The first-order valence-corrected chi connectivity index (χ1v) is 13.8. The summed E-state index contributed by atoms with van der Waals surface area (Å²) in [7, 11) is 0. The molecule has 2 aliphatic heterocycles. The molecule has 0 radical (unpaired) electrons. The van der Waals surface area contributed by atoms with Gasteiger partial charge < -0.3 is 14.7 Å². The summed E-state index contributed by atoms with van der Waals surface area (Å²) in [6.07, 6.45) is 1.43. The molecule has 2 aromatic rings. The summed E-state index contributed by atoms with van der Waals surface area (Å²) in [5, 5.41) is 28.5. The van der Waals surface area contributed by atoms with Crippen LogP contribution in [0, 0.1) is 11.5 Å². The van der Waals surface area contributed by atoms with Crippen LogP contribution in [0.5, 0.6) is 5.75 Å². The first kappa shape index (κ1) is 29.6. The molecule has 2 aromatic carbocycles. The maximum Gasteiger partial charge on any atom is 0.233 e. The van der Waals surface area contributed by atoms with E-state index in [1.54, 1.807) is 29.3 Å². The molecule has 9 nitrogen and oxygen atoms in total. The highest BCUT2D eigenvalue weighted by atomic mass is 35.5. The zero-order valence-electron chi connectivity index (χ0n) is 22.5. The lowest BCUT2D eigenvalue weighted by atomic mass is 10.0. The second-order valence-corrected chi connectivity index (χ2v) is 10.7. The fraction of sp³-hybridized carbons (Fsp3) is 0.379. The van der Waals surface area contributed by atoms with Crippen molar-refractivity contribution in [2.75, 3.05) is 26.2 Å². The van der Waals surface area contributed by atoms with Crippen molar-refractivity contribution in [3.63, 3.8) is 0 Å². The van der Waals surface area contributed by atoms with E-state index >= 15 is 0 Å². The van der Waals surface area contributed by atoms with Crippen LogP contribution in [0.4, 0.5) is 0 Å². The van der Waals surface area contributed by atoms with E-state index in [-0.39, 0.29) is 30.8 Å². The molecule has 0 amide bonds. The number of likely N-dealkylation sites (tertiary alicyclic amines) is 1. The molecule has 1 fully saturated rings. The van der Waals surface area contributed by atoms with Crippen LogP contribution < -0.4 is 4.74 Å². The minimum Gasteiger partial charge on any atom is -0.487 e. The van der Waals surface area contributed by atoms with Gasteiger partial charge in [-0.1, -0.05) is 54.4 Å². The predicted molar refractivity (Wildman–Crippen MR) is 156 cm³/mol. The van der Waals surface area contributed by atoms with Gasteiger partial charge >= 0.3 is 0 Å². The average Bonchev–Trinajstić information content (AvgIpc) is 3.31. The van der Waals surface area contributed by atoms with Gasteiger partial charge in [-0.3, -0.25) is 9.69 Å². The third kappa shape index (κ3) is 7.20. The molecule has 1 saturated heterocycles. The van der Waals surface area contributed by atoms with Crippen LogP contribution in [0.25, 0.3) is 0 Å². The van der Waals surface area contributed by atoms with Gasteiger partial charge in [0.15, 0.2) is 0 Å². The van der Waals surface area contributed by atoms with Gasteiger partial charge in [-0.25, -0.2) is 5.01 Å². The molecule has 40 heavy (non-hydrogen) atoms. The van der Waals surface area contributed by atoms with Gasteiger partial charge in [0.25, 0.3) is 0 Å². The standard InChI is InChI=1S/C29H32Cl2N6O3/c1-4-36(27(39)14-19(2)13-20(3)38)26-17-37(34-28(26)21-5-7-22(30)8-6-21)29(33-18-32)35-15-25(16-35)40-24-11-9-23(31)10-12-24/h5-12,25-27,39H,2,4,13-17H2,1,3H3. The van der Waals surface area contributed by atoms with E-state index in [1.807, 2.05) is 47.2 Å². The van der Waals surface area contributed by atoms with Gasteiger partial charge in [-0.2, -0.15) is 10.4 Å². The van der Waals surface area contributed by atoms with Crippen molar-refractivity contribution in [1.82, 2.24) is 14.8 Å². The molecule has 1 N–H and O–H groups in total. The maximum atomic E-state index is 11.6. The maximum absolute atomic E-state index is 11.6. The number of hydrogen-bond donors (Lipinski definition) is 1. The first-order valence-electron chi connectivity index (χ1n) is 13.0. The zero-order valence-corrected chi connectivity index (χ0v) is 24.0. The highest BCUT2D eigenvalue weighted by Crippen LogP contribution is 2.27. The van der Waals surface area contributed by atoms with Gasteiger partial charge in [-0.15, -0.1) is 4.99 Å². The van der Waals surface area contributed by atoms with E-state index in [0.29, 0.717) is 47.8 Å². The Bertz CT molecular complexity index is 1320. The minimum atomic E-state index is -0.878. The zero-order chi connectivity index (χ0) is 28.8. The van der Waals surface area contributed by atoms with Crippen LogP contribution in [-0.2, 0) is 4.79 Å². The molecule has 11 heteroatoms. The van der Waals surface area contributed by atoms with Crippen molar-refractivity contribution in [3.8, 4) is 11.9 Å². The second-order valence-electron chi connectivity index (χ2n) is 9.84. The molecule has 0 spiro atoms. The lowest BCUT2D eigenvalue weighted by Crippen LogP contribution is -2.60. The number of nitrogens with zero attached hydrogens (tertiary/aromatic N) is 6. The Kier molecular flexibility index (Phi) is 9.82. The molecule has 0 aromatic heterocycles. The van der Waals surface area contributed by atoms with Crippen LogP contribution in [0.1, 0.15) is 32.3 Å². The SMILES string of the molecule is C=C(CC(C)=O)CC(O)N(CC)C1CN(C(=NC#N)N2CC(Oc3ccc(Cl)cc3)C2)N=C1c1ccc(Cl)cc1. The average molecular weight is 584 g/mol. The van der Waals surface area contributed by atoms with Crippen LogP contribution >= 0.6 is 23.2 Å². The number of hydrazone groups is 1. The summed E-state index contributed by atoms with van der Waals surface area (Å²) in [5.41, 5.74) is 2.22. The molecular weight excluding hydrogens is 551 g/mol. The molecule has 2 heterocycles. The molecule has 0 saturated carbocycles. The lowest BCUT2D eigenvalue weighted by molar-refractivity contribution is -0.116. The summed E-state index contributed by atoms with van der Waals surface area (Å²) < 4.78 is 6.02. The van der Waals surface area contributed by atoms with Crippen molar-refractivity contribution < 1.29 is 14.6 Å². The van der Waals surface area contributed by atoms with Gasteiger partial charge in [0.1, 0.15) is 23.9 Å². The fourth-order valence-electron chi connectivity index (χ4n) is 4.90. The lowest BCUT2D eigenvalue weighted by Gasteiger charge is -2.42. The number of rotatable bonds is 10.